The Hall–Kier alpha value is -1.93. The van der Waals surface area contributed by atoms with Crippen LogP contribution in [0.1, 0.15) is 21.7 Å². The van der Waals surface area contributed by atoms with Crippen molar-refractivity contribution < 1.29 is 22.4 Å². The lowest BCUT2D eigenvalue weighted by Crippen LogP contribution is -2.54. The average molecular weight is 422 g/mol. The molecule has 0 amide bonds. The van der Waals surface area contributed by atoms with Crippen LogP contribution in [0.4, 0.5) is 0 Å². The van der Waals surface area contributed by atoms with Gasteiger partial charge in [0.2, 0.25) is 10.0 Å². The van der Waals surface area contributed by atoms with Gasteiger partial charge in [0.05, 0.1) is 22.5 Å². The summed E-state index contributed by atoms with van der Waals surface area (Å²) in [5, 5.41) is 11.7. The van der Waals surface area contributed by atoms with Crippen LogP contribution in [0.25, 0.3) is 0 Å². The van der Waals surface area contributed by atoms with E-state index < -0.39 is 28.6 Å². The van der Waals surface area contributed by atoms with Crippen LogP contribution in [-0.2, 0) is 21.4 Å². The maximum absolute atomic E-state index is 13.1. The number of hydrogen-bond acceptors (Lipinski definition) is 5. The van der Waals surface area contributed by atoms with E-state index in [0.29, 0.717) is 17.7 Å². The molecule has 1 aliphatic rings. The number of piperidine rings is 1. The highest BCUT2D eigenvalue weighted by molar-refractivity contribution is 7.88. The second-order valence-corrected chi connectivity index (χ2v) is 9.83. The van der Waals surface area contributed by atoms with Crippen LogP contribution in [0.15, 0.2) is 54.6 Å². The number of hydrogen-bond donors (Lipinski definition) is 1. The van der Waals surface area contributed by atoms with Crippen LogP contribution in [0.2, 0.25) is 0 Å². The fraction of sp³-hybridized carbons (Fsp3) is 0.455. The quantitative estimate of drug-likeness (QED) is 0.743. The number of aliphatic hydroxyl groups is 1. The lowest BCUT2D eigenvalue weighted by molar-refractivity contribution is -0.0698. The lowest BCUT2D eigenvalue weighted by atomic mass is 9.76. The minimum atomic E-state index is -3.57. The monoisotopic (exact) mass is 421 g/mol. The lowest BCUT2D eigenvalue weighted by Gasteiger charge is -2.45. The van der Waals surface area contributed by atoms with Crippen molar-refractivity contribution >= 4 is 10.0 Å². The fourth-order valence-electron chi connectivity index (χ4n) is 3.97. The predicted molar refractivity (Wildman–Crippen MR) is 114 cm³/mol. The molecule has 6 nitrogen and oxygen atoms in total. The van der Waals surface area contributed by atoms with Crippen molar-refractivity contribution in [2.24, 2.45) is 5.92 Å². The Morgan fingerprint density at radius 3 is 2.69 bits per heavy atom. The van der Waals surface area contributed by atoms with E-state index in [4.69, 9.17) is 8.85 Å². The molecule has 0 aromatic heterocycles. The molecular formula is C22H30N2O4S. The molecule has 7 heteroatoms. The summed E-state index contributed by atoms with van der Waals surface area (Å²) in [4.78, 5) is 1.91. The summed E-state index contributed by atoms with van der Waals surface area (Å²) >= 11 is 0. The van der Waals surface area contributed by atoms with Gasteiger partial charge in [-0.15, -0.1) is 0 Å². The van der Waals surface area contributed by atoms with Crippen LogP contribution in [0.3, 0.4) is 0 Å². The first-order valence-corrected chi connectivity index (χ1v) is 11.2. The smallest absolute Gasteiger partial charge is 0.218 e. The molecule has 0 radical (unpaired) electrons. The molecule has 1 fully saturated rings. The fourth-order valence-corrected chi connectivity index (χ4v) is 5.55. The summed E-state index contributed by atoms with van der Waals surface area (Å²) in [5.41, 5.74) is -0.0878. The molecule has 2 atom stereocenters. The van der Waals surface area contributed by atoms with Gasteiger partial charge in [0, 0.05) is 25.6 Å². The molecule has 1 aliphatic heterocycles. The predicted octanol–water partition coefficient (Wildman–Crippen LogP) is 2.30. The summed E-state index contributed by atoms with van der Waals surface area (Å²) < 4.78 is 54.6. The van der Waals surface area contributed by atoms with Crippen molar-refractivity contribution in [2.45, 2.75) is 17.8 Å². The molecule has 158 valence electrons. The maximum atomic E-state index is 13.1. The van der Waals surface area contributed by atoms with Gasteiger partial charge in [0.1, 0.15) is 5.75 Å². The van der Waals surface area contributed by atoms with E-state index in [1.807, 2.05) is 37.2 Å². The molecule has 2 unspecified atom stereocenters. The third-order valence-corrected chi connectivity index (χ3v) is 7.28. The maximum Gasteiger partial charge on any atom is 0.218 e. The van der Waals surface area contributed by atoms with E-state index in [9.17, 15) is 13.5 Å². The second-order valence-electron chi connectivity index (χ2n) is 7.86. The van der Waals surface area contributed by atoms with Gasteiger partial charge in [0.25, 0.3) is 0 Å². The molecule has 29 heavy (non-hydrogen) atoms. The van der Waals surface area contributed by atoms with E-state index in [2.05, 4.69) is 0 Å². The van der Waals surface area contributed by atoms with Gasteiger partial charge in [-0.25, -0.2) is 12.7 Å². The van der Waals surface area contributed by atoms with E-state index >= 15 is 0 Å². The van der Waals surface area contributed by atoms with E-state index in [1.54, 1.807) is 24.3 Å². The molecule has 0 saturated carbocycles. The minimum Gasteiger partial charge on any atom is -0.497 e. The molecular weight excluding hydrogens is 388 g/mol. The molecule has 1 saturated heterocycles. The first kappa shape index (κ1) is 17.9. The minimum absolute atomic E-state index is 0.0944. The summed E-state index contributed by atoms with van der Waals surface area (Å²) in [5.74, 6) is -0.374. The van der Waals surface area contributed by atoms with Crippen molar-refractivity contribution in [2.75, 3.05) is 40.8 Å². The Balaban J connectivity index is 1.86. The molecule has 3 rings (SSSR count). The van der Waals surface area contributed by atoms with Crippen LogP contribution >= 0.6 is 0 Å². The van der Waals surface area contributed by atoms with Gasteiger partial charge in [0.15, 0.2) is 0 Å². The van der Waals surface area contributed by atoms with E-state index in [1.165, 1.54) is 16.4 Å². The number of ether oxygens (including phenoxy) is 1. The summed E-state index contributed by atoms with van der Waals surface area (Å²) in [7, 11) is -2.43. The molecule has 0 aliphatic carbocycles. The van der Waals surface area contributed by atoms with Gasteiger partial charge >= 0.3 is 0 Å². The number of methoxy groups -OCH3 is 1. The first-order valence-electron chi connectivity index (χ1n) is 11.1. The highest BCUT2D eigenvalue weighted by Crippen LogP contribution is 2.40. The Bertz CT molecular complexity index is 1020. The molecule has 0 spiro atoms. The number of rotatable bonds is 7. The first-order chi connectivity index (χ1) is 14.9. The Morgan fingerprint density at radius 2 is 2.00 bits per heavy atom. The van der Waals surface area contributed by atoms with Crippen molar-refractivity contribution in [1.82, 2.24) is 9.21 Å². The Labute approximate surface area is 178 Å². The van der Waals surface area contributed by atoms with Crippen molar-refractivity contribution in [1.29, 1.82) is 0 Å². The zero-order chi connectivity index (χ0) is 23.6. The van der Waals surface area contributed by atoms with E-state index in [-0.39, 0.29) is 31.0 Å². The Morgan fingerprint density at radius 1 is 1.24 bits per heavy atom. The van der Waals surface area contributed by atoms with Gasteiger partial charge in [-0.1, -0.05) is 42.5 Å². The summed E-state index contributed by atoms with van der Waals surface area (Å²) in [6, 6.07) is 15.4. The van der Waals surface area contributed by atoms with Gasteiger partial charge in [-0.3, -0.25) is 0 Å². The van der Waals surface area contributed by atoms with Crippen LogP contribution in [0.5, 0.6) is 5.75 Å². The topological polar surface area (TPSA) is 70.1 Å². The number of nitrogens with zero attached hydrogens (tertiary/aromatic N) is 2. The Kier molecular flexibility index (Phi) is 5.45. The molecule has 1 heterocycles. The van der Waals surface area contributed by atoms with Gasteiger partial charge in [-0.2, -0.15) is 0 Å². The summed E-state index contributed by atoms with van der Waals surface area (Å²) in [6.07, 6.45) is 0.191. The number of benzene rings is 2. The zero-order valence-electron chi connectivity index (χ0n) is 19.8. The third kappa shape index (κ3) is 4.98. The second kappa shape index (κ2) is 8.83. The largest absolute Gasteiger partial charge is 0.497 e. The van der Waals surface area contributed by atoms with Gasteiger partial charge < -0.3 is 14.7 Å². The molecule has 0 bridgehead atoms. The molecule has 2 aromatic carbocycles. The zero-order valence-corrected chi connectivity index (χ0v) is 17.6. The van der Waals surface area contributed by atoms with E-state index in [0.717, 1.165) is 0 Å². The number of sulfonamides is 1. The summed E-state index contributed by atoms with van der Waals surface area (Å²) in [6.45, 7) is 0.784. The van der Waals surface area contributed by atoms with Crippen molar-refractivity contribution in [3.63, 3.8) is 0 Å². The standard InChI is InChI=1S/C22H30N2O4S/c1-23(2)15-20-16-24(29(26,27)17-18-8-5-4-6-9-18)13-12-22(20,25)19-10-7-11-21(14-19)28-3/h4-11,14,20,25H,12-13,15-17H2,1-3H3/i3D3. The SMILES string of the molecule is [2H]C([2H])([2H])Oc1cccc(C2(O)CCN(S(=O)(=O)Cc3ccccc3)CC2CN(C)C)c1. The normalized spacial score (nSPS) is 25.2. The highest BCUT2D eigenvalue weighted by atomic mass is 32.2. The van der Waals surface area contributed by atoms with Crippen LogP contribution in [0, 0.1) is 5.92 Å². The highest BCUT2D eigenvalue weighted by Gasteiger charge is 2.45. The van der Waals surface area contributed by atoms with Crippen molar-refractivity contribution in [3.8, 4) is 5.75 Å². The van der Waals surface area contributed by atoms with Gasteiger partial charge in [-0.05, 0) is 43.8 Å². The van der Waals surface area contributed by atoms with Crippen LogP contribution in [-0.4, -0.2) is 63.5 Å². The molecule has 2 aromatic rings. The third-order valence-electron chi connectivity index (χ3n) is 5.46. The van der Waals surface area contributed by atoms with Crippen LogP contribution < -0.4 is 4.74 Å². The van der Waals surface area contributed by atoms with Crippen molar-refractivity contribution in [3.05, 3.63) is 65.7 Å². The average Bonchev–Trinajstić information content (AvgIpc) is 2.68. The molecule has 1 N–H and O–H groups in total.